The molecule has 0 fully saturated rings. The van der Waals surface area contributed by atoms with Gasteiger partial charge in [0.15, 0.2) is 5.82 Å². The van der Waals surface area contributed by atoms with Gasteiger partial charge >= 0.3 is 0 Å². The van der Waals surface area contributed by atoms with E-state index in [9.17, 15) is 0 Å². The van der Waals surface area contributed by atoms with Crippen molar-refractivity contribution in [3.63, 3.8) is 0 Å². The molecule has 1 aromatic heterocycles. The van der Waals surface area contributed by atoms with E-state index >= 15 is 0 Å². The highest BCUT2D eigenvalue weighted by molar-refractivity contribution is 5.82. The molecule has 4 heteroatoms. The number of ether oxygens (including phenoxy) is 1. The molecule has 0 unspecified atom stereocenters. The lowest BCUT2D eigenvalue weighted by atomic mass is 10.0. The van der Waals surface area contributed by atoms with Gasteiger partial charge in [-0.1, -0.05) is 24.3 Å². The van der Waals surface area contributed by atoms with Crippen LogP contribution in [0, 0.1) is 0 Å². The Morgan fingerprint density at radius 3 is 2.50 bits per heavy atom. The first-order valence-electron chi connectivity index (χ1n) is 6.53. The van der Waals surface area contributed by atoms with Crippen LogP contribution in [0.1, 0.15) is 11.1 Å². The Morgan fingerprint density at radius 1 is 0.900 bits per heavy atom. The number of nitrogen functional groups attached to an aromatic ring is 1. The number of nitrogens with zero attached hydrogens (tertiary/aromatic N) is 2. The Morgan fingerprint density at radius 2 is 1.65 bits per heavy atom. The van der Waals surface area contributed by atoms with E-state index < -0.39 is 0 Å². The molecular formula is C16H13N3O. The smallest absolute Gasteiger partial charge is 0.150 e. The SMILES string of the molecule is Nc1nc2ccccc2nc1-c1ccc2c(c1)COC2. The van der Waals surface area contributed by atoms with Crippen LogP contribution in [0.4, 0.5) is 5.82 Å². The summed E-state index contributed by atoms with van der Waals surface area (Å²) < 4.78 is 5.44. The summed E-state index contributed by atoms with van der Waals surface area (Å²) in [5, 5.41) is 0. The number of nitrogens with two attached hydrogens (primary N) is 1. The van der Waals surface area contributed by atoms with Gasteiger partial charge in [-0.3, -0.25) is 0 Å². The summed E-state index contributed by atoms with van der Waals surface area (Å²) in [6, 6.07) is 13.9. The maximum Gasteiger partial charge on any atom is 0.150 e. The topological polar surface area (TPSA) is 61.0 Å². The molecule has 0 bridgehead atoms. The molecular weight excluding hydrogens is 250 g/mol. The molecule has 4 rings (SSSR count). The quantitative estimate of drug-likeness (QED) is 0.733. The number of benzene rings is 2. The Hall–Kier alpha value is -2.46. The molecule has 1 aliphatic heterocycles. The van der Waals surface area contributed by atoms with Crippen LogP contribution in [0.15, 0.2) is 42.5 Å². The van der Waals surface area contributed by atoms with E-state index in [2.05, 4.69) is 22.1 Å². The van der Waals surface area contributed by atoms with Crippen molar-refractivity contribution in [2.24, 2.45) is 0 Å². The van der Waals surface area contributed by atoms with E-state index in [-0.39, 0.29) is 0 Å². The van der Waals surface area contributed by atoms with Crippen molar-refractivity contribution in [1.29, 1.82) is 0 Å². The third-order valence-electron chi connectivity index (χ3n) is 3.59. The number of rotatable bonds is 1. The average Bonchev–Trinajstić information content (AvgIpc) is 2.94. The molecule has 1 aliphatic rings. The molecule has 2 N–H and O–H groups in total. The third kappa shape index (κ3) is 1.73. The van der Waals surface area contributed by atoms with Crippen molar-refractivity contribution in [1.82, 2.24) is 9.97 Å². The van der Waals surface area contributed by atoms with Gasteiger partial charge in [0.1, 0.15) is 5.69 Å². The molecule has 2 aromatic carbocycles. The minimum Gasteiger partial charge on any atom is -0.382 e. The number of hydrogen-bond acceptors (Lipinski definition) is 4. The van der Waals surface area contributed by atoms with Crippen molar-refractivity contribution in [3.8, 4) is 11.3 Å². The van der Waals surface area contributed by atoms with Gasteiger partial charge in [0, 0.05) is 5.56 Å². The summed E-state index contributed by atoms with van der Waals surface area (Å²) in [7, 11) is 0. The van der Waals surface area contributed by atoms with E-state index in [1.54, 1.807) is 0 Å². The predicted molar refractivity (Wildman–Crippen MR) is 77.9 cm³/mol. The highest BCUT2D eigenvalue weighted by Gasteiger charge is 2.14. The van der Waals surface area contributed by atoms with Crippen molar-refractivity contribution < 1.29 is 4.74 Å². The van der Waals surface area contributed by atoms with Gasteiger partial charge < -0.3 is 10.5 Å². The van der Waals surface area contributed by atoms with Gasteiger partial charge in [0.05, 0.1) is 24.2 Å². The van der Waals surface area contributed by atoms with Gasteiger partial charge in [-0.25, -0.2) is 9.97 Å². The van der Waals surface area contributed by atoms with Gasteiger partial charge in [-0.05, 0) is 29.3 Å². The molecule has 0 saturated carbocycles. The van der Waals surface area contributed by atoms with Crippen LogP contribution < -0.4 is 5.73 Å². The van der Waals surface area contributed by atoms with Crippen LogP contribution in [-0.4, -0.2) is 9.97 Å². The maximum absolute atomic E-state index is 6.06. The first-order chi connectivity index (χ1) is 9.81. The second-order valence-electron chi connectivity index (χ2n) is 4.92. The zero-order valence-corrected chi connectivity index (χ0v) is 10.8. The number of hydrogen-bond donors (Lipinski definition) is 1. The summed E-state index contributed by atoms with van der Waals surface area (Å²) in [6.45, 7) is 1.35. The van der Waals surface area contributed by atoms with Crippen molar-refractivity contribution in [2.75, 3.05) is 5.73 Å². The molecule has 0 saturated heterocycles. The molecule has 4 nitrogen and oxygen atoms in total. The number of aromatic nitrogens is 2. The summed E-state index contributed by atoms with van der Waals surface area (Å²) in [5.41, 5.74) is 11.9. The number of para-hydroxylation sites is 2. The first-order valence-corrected chi connectivity index (χ1v) is 6.53. The van der Waals surface area contributed by atoms with Gasteiger partial charge in [0.2, 0.25) is 0 Å². The molecule has 0 aliphatic carbocycles. The summed E-state index contributed by atoms with van der Waals surface area (Å²) in [5.74, 6) is 0.461. The van der Waals surface area contributed by atoms with E-state index in [0.717, 1.165) is 22.3 Å². The zero-order chi connectivity index (χ0) is 13.5. The second-order valence-corrected chi connectivity index (χ2v) is 4.92. The average molecular weight is 263 g/mol. The standard InChI is InChI=1S/C16H13N3O/c17-16-15(18-13-3-1-2-4-14(13)19-16)10-5-6-11-8-20-9-12(11)7-10/h1-7H,8-9H2,(H2,17,19). The predicted octanol–water partition coefficient (Wildman–Crippen LogP) is 2.91. The second kappa shape index (κ2) is 4.28. The summed E-state index contributed by atoms with van der Waals surface area (Å²) >= 11 is 0. The van der Waals surface area contributed by atoms with Crippen LogP contribution in [0.2, 0.25) is 0 Å². The van der Waals surface area contributed by atoms with Gasteiger partial charge in [0.25, 0.3) is 0 Å². The third-order valence-corrected chi connectivity index (χ3v) is 3.59. The number of anilines is 1. The fourth-order valence-electron chi connectivity index (χ4n) is 2.55. The van der Waals surface area contributed by atoms with Crippen molar-refractivity contribution >= 4 is 16.9 Å². The molecule has 98 valence electrons. The van der Waals surface area contributed by atoms with E-state index in [1.807, 2.05) is 30.3 Å². The normalized spacial score (nSPS) is 13.6. The van der Waals surface area contributed by atoms with Crippen LogP contribution in [0.25, 0.3) is 22.3 Å². The van der Waals surface area contributed by atoms with E-state index in [0.29, 0.717) is 19.0 Å². The van der Waals surface area contributed by atoms with Crippen LogP contribution in [0.5, 0.6) is 0 Å². The summed E-state index contributed by atoms with van der Waals surface area (Å²) in [6.07, 6.45) is 0. The van der Waals surface area contributed by atoms with Crippen LogP contribution >= 0.6 is 0 Å². The van der Waals surface area contributed by atoms with E-state index in [4.69, 9.17) is 10.5 Å². The molecule has 3 aromatic rings. The highest BCUT2D eigenvalue weighted by atomic mass is 16.5. The largest absolute Gasteiger partial charge is 0.382 e. The molecule has 20 heavy (non-hydrogen) atoms. The lowest BCUT2D eigenvalue weighted by Crippen LogP contribution is -1.99. The van der Waals surface area contributed by atoms with Crippen molar-refractivity contribution in [3.05, 3.63) is 53.6 Å². The maximum atomic E-state index is 6.06. The lowest BCUT2D eigenvalue weighted by molar-refractivity contribution is 0.134. The molecule has 0 atom stereocenters. The minimum atomic E-state index is 0.461. The molecule has 0 amide bonds. The molecule has 0 radical (unpaired) electrons. The van der Waals surface area contributed by atoms with Crippen LogP contribution in [0.3, 0.4) is 0 Å². The Bertz CT molecular complexity index is 814. The number of fused-ring (bicyclic) bond motifs is 2. The van der Waals surface area contributed by atoms with Crippen molar-refractivity contribution in [2.45, 2.75) is 13.2 Å². The monoisotopic (exact) mass is 263 g/mol. The Labute approximate surface area is 116 Å². The Balaban J connectivity index is 1.91. The minimum absolute atomic E-state index is 0.461. The van der Waals surface area contributed by atoms with Gasteiger partial charge in [-0.2, -0.15) is 0 Å². The molecule has 2 heterocycles. The lowest BCUT2D eigenvalue weighted by Gasteiger charge is -2.07. The van der Waals surface area contributed by atoms with E-state index in [1.165, 1.54) is 11.1 Å². The highest BCUT2D eigenvalue weighted by Crippen LogP contribution is 2.29. The Kier molecular flexibility index (Phi) is 2.44. The zero-order valence-electron chi connectivity index (χ0n) is 10.8. The molecule has 0 spiro atoms. The first kappa shape index (κ1) is 11.4. The fraction of sp³-hybridized carbons (Fsp3) is 0.125. The fourth-order valence-corrected chi connectivity index (χ4v) is 2.55. The van der Waals surface area contributed by atoms with Crippen LogP contribution in [-0.2, 0) is 18.0 Å². The van der Waals surface area contributed by atoms with Gasteiger partial charge in [-0.15, -0.1) is 0 Å². The summed E-state index contributed by atoms with van der Waals surface area (Å²) in [4.78, 5) is 9.07.